The summed E-state index contributed by atoms with van der Waals surface area (Å²) in [5, 5.41) is 2.94. The second kappa shape index (κ2) is 8.93. The zero-order chi connectivity index (χ0) is 19.2. The van der Waals surface area contributed by atoms with Gasteiger partial charge in [0, 0.05) is 37.3 Å². The first-order valence-corrected chi connectivity index (χ1v) is 9.35. The number of nitrogens with zero attached hydrogens (tertiary/aromatic N) is 1. The molecule has 1 amide bonds. The Balaban J connectivity index is 1.69. The molecule has 0 unspecified atom stereocenters. The molecule has 0 spiro atoms. The Morgan fingerprint density at radius 2 is 1.70 bits per heavy atom. The van der Waals surface area contributed by atoms with E-state index in [0.29, 0.717) is 23.2 Å². The highest BCUT2D eigenvalue weighted by atomic mass is 16.5. The monoisotopic (exact) mass is 366 g/mol. The van der Waals surface area contributed by atoms with Crippen LogP contribution >= 0.6 is 0 Å². The number of carbonyl (C=O) groups is 2. The zero-order valence-corrected chi connectivity index (χ0v) is 16.0. The second-order valence-electron chi connectivity index (χ2n) is 6.88. The van der Waals surface area contributed by atoms with Gasteiger partial charge in [-0.05, 0) is 37.1 Å². The van der Waals surface area contributed by atoms with Crippen molar-refractivity contribution in [2.45, 2.75) is 13.8 Å². The van der Waals surface area contributed by atoms with Crippen molar-refractivity contribution in [2.75, 3.05) is 39.4 Å². The van der Waals surface area contributed by atoms with Crippen molar-refractivity contribution >= 4 is 11.7 Å². The molecule has 2 aromatic carbocycles. The van der Waals surface area contributed by atoms with E-state index >= 15 is 0 Å². The van der Waals surface area contributed by atoms with Gasteiger partial charge < -0.3 is 10.1 Å². The van der Waals surface area contributed by atoms with Crippen LogP contribution in [0.4, 0.5) is 0 Å². The van der Waals surface area contributed by atoms with Crippen molar-refractivity contribution in [3.8, 4) is 0 Å². The number of morpholine rings is 1. The molecule has 1 heterocycles. The molecule has 5 heteroatoms. The van der Waals surface area contributed by atoms with Crippen LogP contribution in [0.1, 0.15) is 37.4 Å². The van der Waals surface area contributed by atoms with Gasteiger partial charge in [-0.3, -0.25) is 14.5 Å². The van der Waals surface area contributed by atoms with Crippen molar-refractivity contribution in [2.24, 2.45) is 0 Å². The second-order valence-corrected chi connectivity index (χ2v) is 6.88. The average molecular weight is 366 g/mol. The Labute approximate surface area is 160 Å². The van der Waals surface area contributed by atoms with E-state index in [0.717, 1.165) is 44.0 Å². The van der Waals surface area contributed by atoms with Crippen LogP contribution in [0.2, 0.25) is 0 Å². The first kappa shape index (κ1) is 19.3. The fourth-order valence-electron chi connectivity index (χ4n) is 3.16. The van der Waals surface area contributed by atoms with E-state index in [2.05, 4.69) is 10.2 Å². The SMILES string of the molecule is Cc1ccc(C(=O)c2ccccc2C(=O)NCCN2CCOCC2)cc1C. The van der Waals surface area contributed by atoms with Crippen molar-refractivity contribution in [3.05, 3.63) is 70.3 Å². The summed E-state index contributed by atoms with van der Waals surface area (Å²) in [5.74, 6) is -0.340. The van der Waals surface area contributed by atoms with E-state index in [1.54, 1.807) is 24.3 Å². The summed E-state index contributed by atoms with van der Waals surface area (Å²) in [4.78, 5) is 27.9. The zero-order valence-electron chi connectivity index (χ0n) is 16.0. The maximum Gasteiger partial charge on any atom is 0.252 e. The highest BCUT2D eigenvalue weighted by Gasteiger charge is 2.18. The van der Waals surface area contributed by atoms with Gasteiger partial charge in [0.05, 0.1) is 18.8 Å². The van der Waals surface area contributed by atoms with Crippen LogP contribution in [0, 0.1) is 13.8 Å². The van der Waals surface area contributed by atoms with Gasteiger partial charge in [0.15, 0.2) is 5.78 Å². The molecule has 3 rings (SSSR count). The van der Waals surface area contributed by atoms with Crippen molar-refractivity contribution in [1.29, 1.82) is 0 Å². The molecular weight excluding hydrogens is 340 g/mol. The summed E-state index contributed by atoms with van der Waals surface area (Å²) in [7, 11) is 0. The molecule has 1 fully saturated rings. The third-order valence-electron chi connectivity index (χ3n) is 5.00. The number of ether oxygens (including phenoxy) is 1. The lowest BCUT2D eigenvalue weighted by atomic mass is 9.95. The Bertz CT molecular complexity index is 826. The van der Waals surface area contributed by atoms with Crippen LogP contribution in [-0.4, -0.2) is 56.0 Å². The molecule has 0 atom stereocenters. The molecule has 2 aromatic rings. The van der Waals surface area contributed by atoms with Gasteiger partial charge >= 0.3 is 0 Å². The van der Waals surface area contributed by atoms with Crippen LogP contribution in [0.15, 0.2) is 42.5 Å². The van der Waals surface area contributed by atoms with Crippen LogP contribution in [-0.2, 0) is 4.74 Å². The minimum atomic E-state index is -0.212. The predicted octanol–water partition coefficient (Wildman–Crippen LogP) is 2.60. The maximum atomic E-state index is 13.0. The van der Waals surface area contributed by atoms with E-state index in [9.17, 15) is 9.59 Å². The van der Waals surface area contributed by atoms with Crippen LogP contribution < -0.4 is 5.32 Å². The standard InChI is InChI=1S/C22H26N2O3/c1-16-7-8-18(15-17(16)2)21(25)19-5-3-4-6-20(19)22(26)23-9-10-24-11-13-27-14-12-24/h3-8,15H,9-14H2,1-2H3,(H,23,26). The summed E-state index contributed by atoms with van der Waals surface area (Å²) in [6.45, 7) is 8.57. The smallest absolute Gasteiger partial charge is 0.252 e. The number of carbonyl (C=O) groups excluding carboxylic acids is 2. The minimum absolute atomic E-state index is 0.128. The fourth-order valence-corrected chi connectivity index (χ4v) is 3.16. The average Bonchev–Trinajstić information content (AvgIpc) is 2.70. The van der Waals surface area contributed by atoms with Crippen LogP contribution in [0.3, 0.4) is 0 Å². The number of hydrogen-bond acceptors (Lipinski definition) is 4. The number of nitrogens with one attached hydrogen (secondary N) is 1. The van der Waals surface area contributed by atoms with E-state index in [1.165, 1.54) is 0 Å². The number of hydrogen-bond donors (Lipinski definition) is 1. The van der Waals surface area contributed by atoms with Gasteiger partial charge in [-0.15, -0.1) is 0 Å². The summed E-state index contributed by atoms with van der Waals surface area (Å²) in [5.41, 5.74) is 3.66. The Hall–Kier alpha value is -2.50. The Morgan fingerprint density at radius 1 is 1.00 bits per heavy atom. The lowest BCUT2D eigenvalue weighted by molar-refractivity contribution is 0.0383. The number of benzene rings is 2. The largest absolute Gasteiger partial charge is 0.379 e. The molecule has 0 aromatic heterocycles. The molecule has 0 saturated carbocycles. The lowest BCUT2D eigenvalue weighted by Crippen LogP contribution is -2.41. The lowest BCUT2D eigenvalue weighted by Gasteiger charge is -2.26. The molecule has 0 bridgehead atoms. The minimum Gasteiger partial charge on any atom is -0.379 e. The molecule has 142 valence electrons. The van der Waals surface area contributed by atoms with E-state index in [-0.39, 0.29) is 11.7 Å². The predicted molar refractivity (Wildman–Crippen MR) is 105 cm³/mol. The van der Waals surface area contributed by atoms with Gasteiger partial charge in [0.25, 0.3) is 5.91 Å². The van der Waals surface area contributed by atoms with Crippen molar-refractivity contribution in [1.82, 2.24) is 10.2 Å². The molecule has 1 aliphatic rings. The molecule has 0 radical (unpaired) electrons. The molecule has 27 heavy (non-hydrogen) atoms. The summed E-state index contributed by atoms with van der Waals surface area (Å²) >= 11 is 0. The first-order chi connectivity index (χ1) is 13.1. The third-order valence-corrected chi connectivity index (χ3v) is 5.00. The van der Waals surface area contributed by atoms with E-state index in [4.69, 9.17) is 4.74 Å². The van der Waals surface area contributed by atoms with Gasteiger partial charge in [0.2, 0.25) is 0 Å². The summed E-state index contributed by atoms with van der Waals surface area (Å²) < 4.78 is 5.33. The molecule has 1 N–H and O–H groups in total. The topological polar surface area (TPSA) is 58.6 Å². The molecule has 1 saturated heterocycles. The van der Waals surface area contributed by atoms with Crippen molar-refractivity contribution in [3.63, 3.8) is 0 Å². The summed E-state index contributed by atoms with van der Waals surface area (Å²) in [6, 6.07) is 12.6. The van der Waals surface area contributed by atoms with Gasteiger partial charge in [-0.1, -0.05) is 30.3 Å². The molecule has 0 aliphatic carbocycles. The highest BCUT2D eigenvalue weighted by Crippen LogP contribution is 2.17. The maximum absolute atomic E-state index is 13.0. The number of amides is 1. The fraction of sp³-hybridized carbons (Fsp3) is 0.364. The van der Waals surface area contributed by atoms with Gasteiger partial charge in [0.1, 0.15) is 0 Å². The summed E-state index contributed by atoms with van der Waals surface area (Å²) in [6.07, 6.45) is 0. The Kier molecular flexibility index (Phi) is 6.37. The number of ketones is 1. The molecule has 1 aliphatic heterocycles. The normalized spacial score (nSPS) is 14.7. The quantitative estimate of drug-likeness (QED) is 0.799. The highest BCUT2D eigenvalue weighted by molar-refractivity contribution is 6.15. The van der Waals surface area contributed by atoms with E-state index < -0.39 is 0 Å². The van der Waals surface area contributed by atoms with Gasteiger partial charge in [-0.2, -0.15) is 0 Å². The Morgan fingerprint density at radius 3 is 2.41 bits per heavy atom. The third kappa shape index (κ3) is 4.81. The van der Waals surface area contributed by atoms with Crippen molar-refractivity contribution < 1.29 is 14.3 Å². The molecule has 5 nitrogen and oxygen atoms in total. The molecular formula is C22H26N2O3. The van der Waals surface area contributed by atoms with Gasteiger partial charge in [-0.25, -0.2) is 0 Å². The van der Waals surface area contributed by atoms with Crippen LogP contribution in [0.5, 0.6) is 0 Å². The first-order valence-electron chi connectivity index (χ1n) is 9.35. The number of rotatable bonds is 6. The van der Waals surface area contributed by atoms with Crippen LogP contribution in [0.25, 0.3) is 0 Å². The number of aryl methyl sites for hydroxylation is 2. The van der Waals surface area contributed by atoms with E-state index in [1.807, 2.05) is 32.0 Å².